The number of halogens is 1. The molecule has 2 rings (SSSR count). The Labute approximate surface area is 107 Å². The van der Waals surface area contributed by atoms with E-state index in [-0.39, 0.29) is 18.0 Å². The average molecular weight is 267 g/mol. The molecule has 0 aliphatic rings. The molecule has 0 bridgehead atoms. The number of rotatable bonds is 2. The Morgan fingerprint density at radius 2 is 2.00 bits per heavy atom. The van der Waals surface area contributed by atoms with Crippen molar-refractivity contribution in [2.75, 3.05) is 0 Å². The molecule has 2 aromatic rings. The number of hydrogen-bond acceptors (Lipinski definition) is 3. The summed E-state index contributed by atoms with van der Waals surface area (Å²) < 4.78 is 1.07. The van der Waals surface area contributed by atoms with Crippen LogP contribution in [0.5, 0.6) is 5.88 Å². The van der Waals surface area contributed by atoms with Crippen molar-refractivity contribution in [1.29, 1.82) is 0 Å². The highest BCUT2D eigenvalue weighted by Crippen LogP contribution is 2.18. The lowest BCUT2D eigenvalue weighted by Gasteiger charge is -2.10. The molecule has 1 aromatic carbocycles. The van der Waals surface area contributed by atoms with Gasteiger partial charge in [0.15, 0.2) is 0 Å². The molecule has 0 amide bonds. The van der Waals surface area contributed by atoms with E-state index in [9.17, 15) is 14.7 Å². The van der Waals surface area contributed by atoms with Crippen LogP contribution in [0.15, 0.2) is 33.9 Å². The molecule has 0 unspecified atom stereocenters. The van der Waals surface area contributed by atoms with Crippen molar-refractivity contribution in [3.63, 3.8) is 0 Å². The first-order valence-corrected chi connectivity index (χ1v) is 5.64. The van der Waals surface area contributed by atoms with E-state index in [2.05, 4.69) is 4.98 Å². The first kappa shape index (κ1) is 12.4. The maximum atomic E-state index is 11.6. The quantitative estimate of drug-likeness (QED) is 0.859. The van der Waals surface area contributed by atoms with Crippen molar-refractivity contribution in [1.82, 2.24) is 9.55 Å². The van der Waals surface area contributed by atoms with Gasteiger partial charge in [0.25, 0.3) is 5.56 Å². The van der Waals surface area contributed by atoms with Gasteiger partial charge in [-0.05, 0) is 18.6 Å². The second-order valence-corrected chi connectivity index (χ2v) is 4.29. The summed E-state index contributed by atoms with van der Waals surface area (Å²) in [6.45, 7) is 1.54. The van der Waals surface area contributed by atoms with Gasteiger partial charge in [0.1, 0.15) is 0 Å². The number of aromatic hydroxyl groups is 1. The van der Waals surface area contributed by atoms with Crippen LogP contribution in [0.4, 0.5) is 0 Å². The number of nitrogens with one attached hydrogen (secondary N) is 1. The zero-order valence-corrected chi connectivity index (χ0v) is 10.4. The van der Waals surface area contributed by atoms with E-state index >= 15 is 0 Å². The van der Waals surface area contributed by atoms with Crippen LogP contribution in [0.3, 0.4) is 0 Å². The van der Waals surface area contributed by atoms with Crippen molar-refractivity contribution >= 4 is 11.6 Å². The fourth-order valence-corrected chi connectivity index (χ4v) is 1.80. The van der Waals surface area contributed by atoms with E-state index in [0.717, 1.165) is 4.57 Å². The molecule has 1 aromatic heterocycles. The van der Waals surface area contributed by atoms with Gasteiger partial charge in [-0.3, -0.25) is 14.3 Å². The van der Waals surface area contributed by atoms with Gasteiger partial charge < -0.3 is 5.11 Å². The van der Waals surface area contributed by atoms with E-state index in [1.54, 1.807) is 24.3 Å². The fourth-order valence-electron chi connectivity index (χ4n) is 1.60. The highest BCUT2D eigenvalue weighted by atomic mass is 35.5. The molecular weight excluding hydrogens is 256 g/mol. The molecule has 5 nitrogen and oxygen atoms in total. The van der Waals surface area contributed by atoms with E-state index in [1.807, 2.05) is 0 Å². The summed E-state index contributed by atoms with van der Waals surface area (Å²) in [5, 5.41) is 10.3. The van der Waals surface area contributed by atoms with Gasteiger partial charge in [-0.15, -0.1) is 0 Å². The average Bonchev–Trinajstić information content (AvgIpc) is 2.34. The van der Waals surface area contributed by atoms with Crippen molar-refractivity contribution in [3.05, 3.63) is 61.3 Å². The molecule has 0 radical (unpaired) electrons. The maximum Gasteiger partial charge on any atom is 0.331 e. The third kappa shape index (κ3) is 2.17. The number of aromatic nitrogens is 2. The molecule has 0 atom stereocenters. The molecular formula is C12H11ClN2O3. The van der Waals surface area contributed by atoms with Gasteiger partial charge >= 0.3 is 5.69 Å². The van der Waals surface area contributed by atoms with Crippen LogP contribution in [0.1, 0.15) is 11.1 Å². The van der Waals surface area contributed by atoms with Crippen LogP contribution in [0.2, 0.25) is 5.02 Å². The van der Waals surface area contributed by atoms with E-state index < -0.39 is 11.2 Å². The van der Waals surface area contributed by atoms with Crippen molar-refractivity contribution < 1.29 is 5.11 Å². The Morgan fingerprint density at radius 3 is 2.67 bits per heavy atom. The van der Waals surface area contributed by atoms with Crippen molar-refractivity contribution in [3.8, 4) is 5.88 Å². The smallest absolute Gasteiger partial charge is 0.331 e. The SMILES string of the molecule is Cc1c(O)n(Cc2ccccc2Cl)c(=O)[nH]c1=O. The predicted octanol–water partition coefficient (Wildman–Crippen LogP) is 1.25. The Hall–Kier alpha value is -2.01. The van der Waals surface area contributed by atoms with Crippen LogP contribution in [0, 0.1) is 6.92 Å². The van der Waals surface area contributed by atoms with Gasteiger partial charge in [0.05, 0.1) is 12.1 Å². The minimum absolute atomic E-state index is 0.0988. The van der Waals surface area contributed by atoms with Crippen LogP contribution >= 0.6 is 11.6 Å². The largest absolute Gasteiger partial charge is 0.494 e. The lowest BCUT2D eigenvalue weighted by Crippen LogP contribution is -2.31. The first-order valence-electron chi connectivity index (χ1n) is 5.27. The molecule has 18 heavy (non-hydrogen) atoms. The summed E-state index contributed by atoms with van der Waals surface area (Å²) in [6, 6.07) is 6.99. The molecule has 6 heteroatoms. The Morgan fingerprint density at radius 1 is 1.33 bits per heavy atom. The first-order chi connectivity index (χ1) is 8.50. The number of nitrogens with zero attached hydrogens (tertiary/aromatic N) is 1. The van der Waals surface area contributed by atoms with E-state index in [1.165, 1.54) is 6.92 Å². The van der Waals surface area contributed by atoms with Gasteiger partial charge in [-0.1, -0.05) is 29.8 Å². The van der Waals surface area contributed by atoms with E-state index in [0.29, 0.717) is 10.6 Å². The van der Waals surface area contributed by atoms with Crippen molar-refractivity contribution in [2.45, 2.75) is 13.5 Å². The maximum absolute atomic E-state index is 11.6. The summed E-state index contributed by atoms with van der Waals surface area (Å²) in [4.78, 5) is 25.0. The van der Waals surface area contributed by atoms with Crippen LogP contribution < -0.4 is 11.2 Å². The van der Waals surface area contributed by atoms with Crippen LogP contribution in [0.25, 0.3) is 0 Å². The summed E-state index contributed by atoms with van der Waals surface area (Å²) >= 11 is 5.98. The molecule has 0 aliphatic carbocycles. The third-order valence-electron chi connectivity index (χ3n) is 2.68. The Balaban J connectivity index is 2.55. The second-order valence-electron chi connectivity index (χ2n) is 3.89. The highest BCUT2D eigenvalue weighted by Gasteiger charge is 2.11. The summed E-state index contributed by atoms with van der Waals surface area (Å²) in [5.74, 6) is -0.344. The van der Waals surface area contributed by atoms with Gasteiger partial charge in [-0.25, -0.2) is 4.79 Å². The molecule has 1 heterocycles. The number of H-pyrrole nitrogens is 1. The second kappa shape index (κ2) is 4.70. The predicted molar refractivity (Wildman–Crippen MR) is 68.3 cm³/mol. The van der Waals surface area contributed by atoms with Crippen LogP contribution in [-0.4, -0.2) is 14.7 Å². The zero-order valence-electron chi connectivity index (χ0n) is 9.61. The summed E-state index contributed by atoms with van der Waals surface area (Å²) in [7, 11) is 0. The van der Waals surface area contributed by atoms with Gasteiger partial charge in [0.2, 0.25) is 5.88 Å². The molecule has 0 spiro atoms. The number of hydrogen-bond donors (Lipinski definition) is 2. The van der Waals surface area contributed by atoms with Gasteiger partial charge in [0, 0.05) is 5.02 Å². The van der Waals surface area contributed by atoms with Gasteiger partial charge in [-0.2, -0.15) is 0 Å². The fraction of sp³-hybridized carbons (Fsp3) is 0.167. The summed E-state index contributed by atoms with van der Waals surface area (Å²) in [5.41, 5.74) is -0.472. The van der Waals surface area contributed by atoms with Crippen molar-refractivity contribution in [2.24, 2.45) is 0 Å². The Bertz CT molecular complexity index is 703. The van der Waals surface area contributed by atoms with E-state index in [4.69, 9.17) is 11.6 Å². The zero-order chi connectivity index (χ0) is 13.3. The molecule has 0 saturated heterocycles. The molecule has 2 N–H and O–H groups in total. The monoisotopic (exact) mass is 266 g/mol. The summed E-state index contributed by atoms with van der Waals surface area (Å²) in [6.07, 6.45) is 0. The lowest BCUT2D eigenvalue weighted by atomic mass is 10.2. The highest BCUT2D eigenvalue weighted by molar-refractivity contribution is 6.31. The minimum atomic E-state index is -0.664. The Kier molecular flexibility index (Phi) is 3.25. The normalized spacial score (nSPS) is 10.6. The minimum Gasteiger partial charge on any atom is -0.494 e. The number of benzene rings is 1. The standard InChI is InChI=1S/C12H11ClN2O3/c1-7-10(16)14-12(18)15(11(7)17)6-8-4-2-3-5-9(8)13/h2-5,17H,6H2,1H3,(H,14,16,18). The number of aromatic amines is 1. The lowest BCUT2D eigenvalue weighted by molar-refractivity contribution is 0.404. The molecule has 0 saturated carbocycles. The van der Waals surface area contributed by atoms with Crippen LogP contribution in [-0.2, 0) is 6.54 Å². The molecule has 0 aliphatic heterocycles. The molecule has 94 valence electrons. The topological polar surface area (TPSA) is 75.1 Å². The molecule has 0 fully saturated rings. The third-order valence-corrected chi connectivity index (χ3v) is 3.05.